The van der Waals surface area contributed by atoms with Gasteiger partial charge in [0.15, 0.2) is 0 Å². The molecule has 0 heterocycles. The highest BCUT2D eigenvalue weighted by Gasteiger charge is 2.41. The van der Waals surface area contributed by atoms with E-state index in [9.17, 15) is 13.2 Å². The number of nitrogens with one attached hydrogen (secondary N) is 1. The molecule has 0 radical (unpaired) electrons. The van der Waals surface area contributed by atoms with Crippen molar-refractivity contribution in [2.45, 2.75) is 56.9 Å². The van der Waals surface area contributed by atoms with Gasteiger partial charge in [0.05, 0.1) is 10.4 Å². The van der Waals surface area contributed by atoms with Gasteiger partial charge in [0.2, 0.25) is 10.0 Å². The first-order chi connectivity index (χ1) is 12.3. The molecule has 1 fully saturated rings. The van der Waals surface area contributed by atoms with Crippen molar-refractivity contribution in [2.75, 3.05) is 19.6 Å². The number of sulfonamides is 1. The highest BCUT2D eigenvalue weighted by molar-refractivity contribution is 7.89. The molecule has 2 rings (SSSR count). The fraction of sp³-hybridized carbons (Fsp3) is 0.632. The van der Waals surface area contributed by atoms with Crippen LogP contribution in [0.2, 0.25) is 0 Å². The Balaban J connectivity index is 2.15. The minimum Gasteiger partial charge on any atom is -0.345 e. The highest BCUT2D eigenvalue weighted by atomic mass is 32.2. The number of carbonyl (C=O) groups is 1. The van der Waals surface area contributed by atoms with E-state index in [2.05, 4.69) is 5.32 Å². The summed E-state index contributed by atoms with van der Waals surface area (Å²) in [6.45, 7) is 7.26. The van der Waals surface area contributed by atoms with Crippen LogP contribution in [0.4, 0.5) is 0 Å². The quantitative estimate of drug-likeness (QED) is 0.651. The fourth-order valence-corrected chi connectivity index (χ4v) is 4.77. The summed E-state index contributed by atoms with van der Waals surface area (Å²) in [5.74, 6) is 0.209. The van der Waals surface area contributed by atoms with E-state index >= 15 is 0 Å². The van der Waals surface area contributed by atoms with Crippen LogP contribution in [-0.4, -0.2) is 43.8 Å². The summed E-state index contributed by atoms with van der Waals surface area (Å²) >= 11 is 0. The zero-order chi connectivity index (χ0) is 19.4. The molecule has 0 bridgehead atoms. The Bertz CT molecular complexity index is 708. The Morgan fingerprint density at radius 3 is 2.15 bits per heavy atom. The lowest BCUT2D eigenvalue weighted by Crippen LogP contribution is -2.53. The van der Waals surface area contributed by atoms with Crippen LogP contribution in [0, 0.1) is 5.92 Å². The topological polar surface area (TPSA) is 92.5 Å². The second-order valence-corrected chi connectivity index (χ2v) is 9.22. The maximum absolute atomic E-state index is 12.8. The van der Waals surface area contributed by atoms with Gasteiger partial charge < -0.3 is 11.1 Å². The number of rotatable bonds is 10. The lowest BCUT2D eigenvalue weighted by atomic mass is 9.95. The van der Waals surface area contributed by atoms with Gasteiger partial charge in [0.25, 0.3) is 5.91 Å². The molecule has 26 heavy (non-hydrogen) atoms. The summed E-state index contributed by atoms with van der Waals surface area (Å²) < 4.78 is 27.1. The summed E-state index contributed by atoms with van der Waals surface area (Å²) in [6.07, 6.45) is 3.68. The maximum atomic E-state index is 12.8. The van der Waals surface area contributed by atoms with Crippen molar-refractivity contribution >= 4 is 15.9 Å². The van der Waals surface area contributed by atoms with Crippen molar-refractivity contribution in [1.29, 1.82) is 0 Å². The zero-order valence-corrected chi connectivity index (χ0v) is 16.8. The molecule has 1 aromatic carbocycles. The zero-order valence-electron chi connectivity index (χ0n) is 16.0. The molecule has 7 heteroatoms. The van der Waals surface area contributed by atoms with Crippen molar-refractivity contribution < 1.29 is 13.2 Å². The highest BCUT2D eigenvalue weighted by Crippen LogP contribution is 2.39. The number of hydrogen-bond donors (Lipinski definition) is 2. The molecule has 1 unspecified atom stereocenters. The number of amides is 1. The van der Waals surface area contributed by atoms with Crippen molar-refractivity contribution in [3.63, 3.8) is 0 Å². The summed E-state index contributed by atoms with van der Waals surface area (Å²) in [5.41, 5.74) is 5.89. The molecule has 1 aliphatic rings. The molecule has 1 amide bonds. The molecular formula is C19H31N3O3S. The van der Waals surface area contributed by atoms with Crippen LogP contribution in [0.25, 0.3) is 0 Å². The van der Waals surface area contributed by atoms with E-state index in [-0.39, 0.29) is 10.8 Å². The first-order valence-corrected chi connectivity index (χ1v) is 10.8. The van der Waals surface area contributed by atoms with Crippen LogP contribution in [0.5, 0.6) is 0 Å². The Hall–Kier alpha value is -1.44. The maximum Gasteiger partial charge on any atom is 0.251 e. The van der Waals surface area contributed by atoms with Gasteiger partial charge in [-0.25, -0.2) is 8.42 Å². The van der Waals surface area contributed by atoms with Crippen molar-refractivity contribution in [2.24, 2.45) is 11.7 Å². The Morgan fingerprint density at radius 2 is 1.73 bits per heavy atom. The van der Waals surface area contributed by atoms with Gasteiger partial charge in [-0.15, -0.1) is 0 Å². The molecule has 146 valence electrons. The third-order valence-electron chi connectivity index (χ3n) is 5.00. The molecular weight excluding hydrogens is 350 g/mol. The van der Waals surface area contributed by atoms with Gasteiger partial charge in [-0.2, -0.15) is 4.31 Å². The molecule has 3 N–H and O–H groups in total. The molecule has 1 aromatic rings. The van der Waals surface area contributed by atoms with E-state index in [1.165, 1.54) is 16.4 Å². The van der Waals surface area contributed by atoms with E-state index in [0.717, 1.165) is 25.7 Å². The van der Waals surface area contributed by atoms with E-state index in [0.29, 0.717) is 31.1 Å². The molecule has 0 spiro atoms. The van der Waals surface area contributed by atoms with Crippen molar-refractivity contribution in [1.82, 2.24) is 9.62 Å². The number of hydrogen-bond acceptors (Lipinski definition) is 4. The van der Waals surface area contributed by atoms with Crippen LogP contribution in [0.3, 0.4) is 0 Å². The summed E-state index contributed by atoms with van der Waals surface area (Å²) in [4.78, 5) is 12.7. The van der Waals surface area contributed by atoms with Crippen LogP contribution in [-0.2, 0) is 10.0 Å². The molecule has 0 aromatic heterocycles. The van der Waals surface area contributed by atoms with E-state index < -0.39 is 15.6 Å². The molecule has 0 saturated heterocycles. The molecule has 1 saturated carbocycles. The van der Waals surface area contributed by atoms with E-state index in [1.54, 1.807) is 12.1 Å². The first-order valence-electron chi connectivity index (χ1n) is 9.41. The summed E-state index contributed by atoms with van der Waals surface area (Å²) in [7, 11) is -3.53. The second kappa shape index (κ2) is 8.50. The monoisotopic (exact) mass is 381 g/mol. The van der Waals surface area contributed by atoms with Gasteiger partial charge in [-0.1, -0.05) is 13.8 Å². The van der Waals surface area contributed by atoms with Crippen molar-refractivity contribution in [3.05, 3.63) is 29.8 Å². The van der Waals surface area contributed by atoms with Crippen molar-refractivity contribution in [3.8, 4) is 0 Å². The van der Waals surface area contributed by atoms with E-state index in [1.807, 2.05) is 20.8 Å². The number of benzene rings is 1. The molecule has 6 nitrogen and oxygen atoms in total. The summed E-state index contributed by atoms with van der Waals surface area (Å²) in [6, 6.07) is 6.17. The largest absolute Gasteiger partial charge is 0.345 e. The SMILES string of the molecule is CCCN(CCC)S(=O)(=O)c1ccc(C(=O)NC(C)(CN)C2CC2)cc1. The van der Waals surface area contributed by atoms with Crippen LogP contribution < -0.4 is 11.1 Å². The first kappa shape index (κ1) is 20.9. The lowest BCUT2D eigenvalue weighted by molar-refractivity contribution is 0.0897. The Labute approximate surface area is 157 Å². The summed E-state index contributed by atoms with van der Waals surface area (Å²) in [5, 5.41) is 3.02. The minimum absolute atomic E-state index is 0.215. The van der Waals surface area contributed by atoms with Gasteiger partial charge in [-0.3, -0.25) is 4.79 Å². The average Bonchev–Trinajstić information content (AvgIpc) is 3.47. The standard InChI is InChI=1S/C19H31N3O3S/c1-4-12-22(13-5-2)26(24,25)17-10-6-15(7-11-17)18(23)21-19(3,14-20)16-8-9-16/h6-7,10-11,16H,4-5,8-9,12-14,20H2,1-3H3,(H,21,23). The third kappa shape index (κ3) is 4.64. The van der Waals surface area contributed by atoms with Crippen LogP contribution in [0.1, 0.15) is 56.8 Å². The molecule has 1 aliphatic carbocycles. The average molecular weight is 382 g/mol. The van der Waals surface area contributed by atoms with E-state index in [4.69, 9.17) is 5.73 Å². The number of nitrogens with two attached hydrogens (primary N) is 1. The van der Waals surface area contributed by atoms with Crippen LogP contribution >= 0.6 is 0 Å². The smallest absolute Gasteiger partial charge is 0.251 e. The number of carbonyl (C=O) groups excluding carboxylic acids is 1. The van der Waals surface area contributed by atoms with Gasteiger partial charge in [0, 0.05) is 25.2 Å². The third-order valence-corrected chi connectivity index (χ3v) is 6.91. The van der Waals surface area contributed by atoms with Gasteiger partial charge >= 0.3 is 0 Å². The predicted octanol–water partition coefficient (Wildman–Crippen LogP) is 2.35. The predicted molar refractivity (Wildman–Crippen MR) is 103 cm³/mol. The minimum atomic E-state index is -3.53. The molecule has 1 atom stereocenters. The Kier molecular flexibility index (Phi) is 6.82. The Morgan fingerprint density at radius 1 is 1.19 bits per heavy atom. The second-order valence-electron chi connectivity index (χ2n) is 7.28. The normalized spacial score (nSPS) is 17.1. The van der Waals surface area contributed by atoms with Gasteiger partial charge in [-0.05, 0) is 62.8 Å². The lowest BCUT2D eigenvalue weighted by Gasteiger charge is -2.29. The van der Waals surface area contributed by atoms with Crippen LogP contribution in [0.15, 0.2) is 29.2 Å². The number of nitrogens with zero attached hydrogens (tertiary/aromatic N) is 1. The fourth-order valence-electron chi connectivity index (χ4n) is 3.15. The molecule has 0 aliphatic heterocycles. The van der Waals surface area contributed by atoms with Gasteiger partial charge in [0.1, 0.15) is 0 Å².